The molecule has 1 unspecified atom stereocenters. The maximum Gasteiger partial charge on any atom is -0.0156 e. The van der Waals surface area contributed by atoms with E-state index in [4.69, 9.17) is 0 Å². The molecule has 0 radical (unpaired) electrons. The first-order valence-corrected chi connectivity index (χ1v) is 7.49. The van der Waals surface area contributed by atoms with E-state index in [2.05, 4.69) is 13.0 Å². The Bertz CT molecular complexity index is 469. The lowest BCUT2D eigenvalue weighted by Crippen LogP contribution is -2.25. The van der Waals surface area contributed by atoms with Crippen LogP contribution in [0.3, 0.4) is 0 Å². The summed E-state index contributed by atoms with van der Waals surface area (Å²) in [5.74, 6) is 1.86. The minimum Gasteiger partial charge on any atom is -0.0555 e. The second-order valence-electron chi connectivity index (χ2n) is 6.41. The highest BCUT2D eigenvalue weighted by Gasteiger charge is 2.35. The van der Waals surface area contributed by atoms with Gasteiger partial charge in [0.15, 0.2) is 0 Å². The molecule has 2 atom stereocenters. The van der Waals surface area contributed by atoms with Crippen LogP contribution in [0.25, 0.3) is 0 Å². The minimum atomic E-state index is 0.932. The maximum absolute atomic E-state index is 2.54. The zero-order valence-electron chi connectivity index (χ0n) is 10.9. The molecule has 0 heteroatoms. The maximum atomic E-state index is 2.54. The number of hydrogen-bond acceptors (Lipinski definition) is 0. The zero-order chi connectivity index (χ0) is 11.4. The summed E-state index contributed by atoms with van der Waals surface area (Å²) in [6.45, 7) is 2.35. The predicted molar refractivity (Wildman–Crippen MR) is 71.8 cm³/mol. The Hall–Kier alpha value is -0.780. The number of hydrogen-bond donors (Lipinski definition) is 0. The molecular formula is C17H22. The summed E-state index contributed by atoms with van der Waals surface area (Å²) in [5.41, 5.74) is 8.77. The van der Waals surface area contributed by atoms with Crippen molar-refractivity contribution in [3.8, 4) is 0 Å². The standard InChI is InChI=1S/C17H22/c1-11-10-14-6-2-4-12-8-9-13-5-3-7-15(11)17(13)16(12)14/h10,12-13H,2-9H2,1H3/t12?,13-/m0/s1. The Morgan fingerprint density at radius 3 is 2.41 bits per heavy atom. The van der Waals surface area contributed by atoms with Gasteiger partial charge in [0.05, 0.1) is 0 Å². The van der Waals surface area contributed by atoms with E-state index in [-0.39, 0.29) is 0 Å². The fourth-order valence-electron chi connectivity index (χ4n) is 4.79. The van der Waals surface area contributed by atoms with Gasteiger partial charge in [-0.15, -0.1) is 0 Å². The van der Waals surface area contributed by atoms with Gasteiger partial charge in [-0.05, 0) is 97.9 Å². The van der Waals surface area contributed by atoms with Crippen LogP contribution in [0.4, 0.5) is 0 Å². The molecule has 0 saturated carbocycles. The van der Waals surface area contributed by atoms with Crippen molar-refractivity contribution in [2.24, 2.45) is 0 Å². The van der Waals surface area contributed by atoms with Crippen LogP contribution in [0.2, 0.25) is 0 Å². The van der Waals surface area contributed by atoms with Gasteiger partial charge in [0.25, 0.3) is 0 Å². The Balaban J connectivity index is 2.01. The van der Waals surface area contributed by atoms with Gasteiger partial charge >= 0.3 is 0 Å². The van der Waals surface area contributed by atoms with Gasteiger partial charge in [0.2, 0.25) is 0 Å². The molecule has 0 heterocycles. The number of aryl methyl sites for hydroxylation is 2. The molecule has 1 aromatic carbocycles. The Morgan fingerprint density at radius 1 is 0.882 bits per heavy atom. The smallest absolute Gasteiger partial charge is 0.0156 e. The molecule has 0 spiro atoms. The molecule has 0 amide bonds. The third-order valence-corrected chi connectivity index (χ3v) is 5.49. The number of rotatable bonds is 0. The van der Waals surface area contributed by atoms with Gasteiger partial charge in [-0.3, -0.25) is 0 Å². The molecule has 90 valence electrons. The van der Waals surface area contributed by atoms with Gasteiger partial charge in [-0.2, -0.15) is 0 Å². The van der Waals surface area contributed by atoms with Crippen LogP contribution in [-0.2, 0) is 12.8 Å². The van der Waals surface area contributed by atoms with Crippen LogP contribution in [-0.4, -0.2) is 0 Å². The SMILES string of the molecule is Cc1cc2c3c4c1CCC[C@H]4CCC3CCC2. The van der Waals surface area contributed by atoms with E-state index in [1.54, 1.807) is 16.7 Å². The fourth-order valence-corrected chi connectivity index (χ4v) is 4.79. The molecule has 17 heavy (non-hydrogen) atoms. The van der Waals surface area contributed by atoms with Crippen molar-refractivity contribution in [2.75, 3.05) is 0 Å². The topological polar surface area (TPSA) is 0 Å². The van der Waals surface area contributed by atoms with Crippen molar-refractivity contribution >= 4 is 0 Å². The Morgan fingerprint density at radius 2 is 1.59 bits per heavy atom. The van der Waals surface area contributed by atoms with Crippen LogP contribution < -0.4 is 0 Å². The molecule has 3 aliphatic rings. The number of benzene rings is 1. The van der Waals surface area contributed by atoms with Crippen molar-refractivity contribution in [1.82, 2.24) is 0 Å². The highest BCUT2D eigenvalue weighted by Crippen LogP contribution is 2.51. The average molecular weight is 226 g/mol. The molecule has 0 fully saturated rings. The van der Waals surface area contributed by atoms with Crippen molar-refractivity contribution in [3.05, 3.63) is 33.9 Å². The van der Waals surface area contributed by atoms with Crippen molar-refractivity contribution in [1.29, 1.82) is 0 Å². The van der Waals surface area contributed by atoms with Gasteiger partial charge in [-0.25, -0.2) is 0 Å². The molecule has 0 saturated heterocycles. The van der Waals surface area contributed by atoms with Gasteiger partial charge in [0.1, 0.15) is 0 Å². The molecule has 1 aromatic rings. The lowest BCUT2D eigenvalue weighted by molar-refractivity contribution is 0.400. The monoisotopic (exact) mass is 226 g/mol. The first-order valence-electron chi connectivity index (χ1n) is 7.49. The summed E-state index contributed by atoms with van der Waals surface area (Å²) in [7, 11) is 0. The first kappa shape index (κ1) is 10.2. The molecule has 0 aliphatic heterocycles. The summed E-state index contributed by atoms with van der Waals surface area (Å²) in [4.78, 5) is 0. The summed E-state index contributed by atoms with van der Waals surface area (Å²) in [6, 6.07) is 2.54. The highest BCUT2D eigenvalue weighted by molar-refractivity contribution is 5.52. The summed E-state index contributed by atoms with van der Waals surface area (Å²) >= 11 is 0. The van der Waals surface area contributed by atoms with E-state index in [1.165, 1.54) is 51.4 Å². The molecule has 3 aliphatic carbocycles. The normalized spacial score (nSPS) is 29.9. The minimum absolute atomic E-state index is 0.932. The van der Waals surface area contributed by atoms with Crippen LogP contribution in [0.5, 0.6) is 0 Å². The molecule has 4 rings (SSSR count). The molecule has 0 bridgehead atoms. The predicted octanol–water partition coefficient (Wildman–Crippen LogP) is 4.63. The lowest BCUT2D eigenvalue weighted by Gasteiger charge is -2.40. The summed E-state index contributed by atoms with van der Waals surface area (Å²) < 4.78 is 0. The Labute approximate surface area is 104 Å². The molecule has 0 N–H and O–H groups in total. The van der Waals surface area contributed by atoms with Gasteiger partial charge in [-0.1, -0.05) is 6.07 Å². The zero-order valence-corrected chi connectivity index (χ0v) is 10.9. The van der Waals surface area contributed by atoms with E-state index in [1.807, 2.05) is 11.1 Å². The first-order chi connectivity index (χ1) is 8.34. The summed E-state index contributed by atoms with van der Waals surface area (Å²) in [6.07, 6.45) is 11.5. The quantitative estimate of drug-likeness (QED) is 0.605. The fraction of sp³-hybridized carbons (Fsp3) is 0.647. The Kier molecular flexibility index (Phi) is 2.16. The van der Waals surface area contributed by atoms with Gasteiger partial charge in [0, 0.05) is 0 Å². The third-order valence-electron chi connectivity index (χ3n) is 5.49. The van der Waals surface area contributed by atoms with Crippen LogP contribution >= 0.6 is 0 Å². The molecular weight excluding hydrogens is 204 g/mol. The average Bonchev–Trinajstić information content (AvgIpc) is 2.37. The molecule has 0 nitrogen and oxygen atoms in total. The van der Waals surface area contributed by atoms with E-state index in [9.17, 15) is 0 Å². The van der Waals surface area contributed by atoms with Gasteiger partial charge < -0.3 is 0 Å². The van der Waals surface area contributed by atoms with Crippen molar-refractivity contribution < 1.29 is 0 Å². The summed E-state index contributed by atoms with van der Waals surface area (Å²) in [5, 5.41) is 0. The van der Waals surface area contributed by atoms with Crippen LogP contribution in [0.1, 0.15) is 78.2 Å². The lowest BCUT2D eigenvalue weighted by atomic mass is 9.64. The second kappa shape index (κ2) is 3.60. The van der Waals surface area contributed by atoms with Crippen LogP contribution in [0, 0.1) is 6.92 Å². The van der Waals surface area contributed by atoms with Crippen molar-refractivity contribution in [3.63, 3.8) is 0 Å². The van der Waals surface area contributed by atoms with E-state index in [0.717, 1.165) is 11.8 Å². The highest BCUT2D eigenvalue weighted by atomic mass is 14.4. The van der Waals surface area contributed by atoms with E-state index < -0.39 is 0 Å². The van der Waals surface area contributed by atoms with Crippen LogP contribution in [0.15, 0.2) is 6.07 Å². The third kappa shape index (κ3) is 1.36. The van der Waals surface area contributed by atoms with E-state index in [0.29, 0.717) is 0 Å². The largest absolute Gasteiger partial charge is 0.0555 e. The van der Waals surface area contributed by atoms with Crippen molar-refractivity contribution in [2.45, 2.75) is 70.1 Å². The second-order valence-corrected chi connectivity index (χ2v) is 6.41. The van der Waals surface area contributed by atoms with E-state index >= 15 is 0 Å². The molecule has 0 aromatic heterocycles.